The molecule has 0 saturated heterocycles. The lowest BCUT2D eigenvalue weighted by atomic mass is 10.2. The first-order chi connectivity index (χ1) is 12.9. The number of anilines is 1. The summed E-state index contributed by atoms with van der Waals surface area (Å²) >= 11 is 0. The topological polar surface area (TPSA) is 59.6 Å². The largest absolute Gasteiger partial charge is 0.491 e. The minimum absolute atomic E-state index is 0.0923. The van der Waals surface area contributed by atoms with Gasteiger partial charge in [0.15, 0.2) is 0 Å². The highest BCUT2D eigenvalue weighted by atomic mass is 16.5. The van der Waals surface area contributed by atoms with Gasteiger partial charge in [-0.2, -0.15) is 0 Å². The van der Waals surface area contributed by atoms with Gasteiger partial charge in [-0.05, 0) is 68.3 Å². The molecule has 0 radical (unpaired) electrons. The number of carbonyl (C=O) groups is 1. The lowest BCUT2D eigenvalue weighted by Gasteiger charge is -2.11. The number of rotatable bonds is 10. The molecule has 0 aliphatic rings. The van der Waals surface area contributed by atoms with Gasteiger partial charge in [0, 0.05) is 12.2 Å². The van der Waals surface area contributed by atoms with Crippen molar-refractivity contribution in [2.24, 2.45) is 0 Å². The molecule has 27 heavy (non-hydrogen) atoms. The van der Waals surface area contributed by atoms with Crippen molar-refractivity contribution in [1.29, 1.82) is 0 Å². The lowest BCUT2D eigenvalue weighted by Crippen LogP contribution is -2.27. The SMILES string of the molecule is C=C(C)COc1ccc(NC(=O)CNCc2ccc(OC(C)C)cc2)cc1. The summed E-state index contributed by atoms with van der Waals surface area (Å²) in [7, 11) is 0. The molecule has 2 rings (SSSR count). The van der Waals surface area contributed by atoms with Crippen molar-refractivity contribution < 1.29 is 14.3 Å². The summed E-state index contributed by atoms with van der Waals surface area (Å²) in [6, 6.07) is 15.2. The molecule has 2 N–H and O–H groups in total. The zero-order chi connectivity index (χ0) is 19.6. The second-order valence-corrected chi connectivity index (χ2v) is 6.73. The first-order valence-corrected chi connectivity index (χ1v) is 9.06. The Kier molecular flexibility index (Phi) is 7.89. The van der Waals surface area contributed by atoms with Gasteiger partial charge in [0.25, 0.3) is 0 Å². The van der Waals surface area contributed by atoms with E-state index in [4.69, 9.17) is 9.47 Å². The van der Waals surface area contributed by atoms with Crippen LogP contribution in [-0.4, -0.2) is 25.2 Å². The van der Waals surface area contributed by atoms with E-state index in [1.807, 2.05) is 69.3 Å². The van der Waals surface area contributed by atoms with Crippen LogP contribution < -0.4 is 20.1 Å². The highest BCUT2D eigenvalue weighted by molar-refractivity contribution is 5.92. The van der Waals surface area contributed by atoms with Crippen molar-refractivity contribution in [3.05, 3.63) is 66.2 Å². The quantitative estimate of drug-likeness (QED) is 0.618. The maximum absolute atomic E-state index is 12.0. The van der Waals surface area contributed by atoms with E-state index in [0.717, 1.165) is 28.3 Å². The summed E-state index contributed by atoms with van der Waals surface area (Å²) in [5.74, 6) is 1.51. The van der Waals surface area contributed by atoms with E-state index < -0.39 is 0 Å². The third kappa shape index (κ3) is 7.96. The Morgan fingerprint density at radius 3 is 2.26 bits per heavy atom. The van der Waals surface area contributed by atoms with E-state index in [9.17, 15) is 4.79 Å². The predicted molar refractivity (Wildman–Crippen MR) is 109 cm³/mol. The molecular weight excluding hydrogens is 340 g/mol. The van der Waals surface area contributed by atoms with Crippen molar-refractivity contribution in [2.45, 2.75) is 33.4 Å². The number of ether oxygens (including phenoxy) is 2. The first-order valence-electron chi connectivity index (χ1n) is 9.06. The van der Waals surface area contributed by atoms with Gasteiger partial charge in [-0.1, -0.05) is 18.7 Å². The van der Waals surface area contributed by atoms with Crippen molar-refractivity contribution >= 4 is 11.6 Å². The Hall–Kier alpha value is -2.79. The second kappa shape index (κ2) is 10.4. The van der Waals surface area contributed by atoms with Crippen LogP contribution in [0.15, 0.2) is 60.7 Å². The number of carbonyl (C=O) groups excluding carboxylic acids is 1. The molecule has 0 atom stereocenters. The minimum atomic E-state index is -0.0923. The summed E-state index contributed by atoms with van der Waals surface area (Å²) in [6.07, 6.45) is 0.157. The van der Waals surface area contributed by atoms with Gasteiger partial charge in [0.05, 0.1) is 12.6 Å². The van der Waals surface area contributed by atoms with Crippen LogP contribution in [0.1, 0.15) is 26.3 Å². The van der Waals surface area contributed by atoms with Gasteiger partial charge in [0.2, 0.25) is 5.91 Å². The van der Waals surface area contributed by atoms with Crippen LogP contribution in [0.2, 0.25) is 0 Å². The molecule has 5 nitrogen and oxygen atoms in total. The molecule has 5 heteroatoms. The molecule has 0 heterocycles. The van der Waals surface area contributed by atoms with Crippen LogP contribution in [0.25, 0.3) is 0 Å². The smallest absolute Gasteiger partial charge is 0.238 e. The Morgan fingerprint density at radius 1 is 1.04 bits per heavy atom. The summed E-state index contributed by atoms with van der Waals surface area (Å²) < 4.78 is 11.2. The first kappa shape index (κ1) is 20.5. The molecule has 0 fully saturated rings. The van der Waals surface area contributed by atoms with Crippen LogP contribution in [0.4, 0.5) is 5.69 Å². The van der Waals surface area contributed by atoms with Crippen LogP contribution in [0, 0.1) is 0 Å². The zero-order valence-corrected chi connectivity index (χ0v) is 16.2. The van der Waals surface area contributed by atoms with E-state index in [1.54, 1.807) is 0 Å². The lowest BCUT2D eigenvalue weighted by molar-refractivity contribution is -0.115. The number of hydrogen-bond acceptors (Lipinski definition) is 4. The van der Waals surface area contributed by atoms with Gasteiger partial charge in [0.1, 0.15) is 18.1 Å². The number of nitrogens with one attached hydrogen (secondary N) is 2. The molecule has 0 aromatic heterocycles. The Bertz CT molecular complexity index is 737. The third-order valence-corrected chi connectivity index (χ3v) is 3.53. The highest BCUT2D eigenvalue weighted by Gasteiger charge is 2.03. The van der Waals surface area contributed by atoms with E-state index in [0.29, 0.717) is 13.2 Å². The molecule has 0 bridgehead atoms. The summed E-state index contributed by atoms with van der Waals surface area (Å²) in [6.45, 7) is 11.0. The van der Waals surface area contributed by atoms with Gasteiger partial charge in [-0.15, -0.1) is 0 Å². The fourth-order valence-electron chi connectivity index (χ4n) is 2.32. The van der Waals surface area contributed by atoms with Crippen LogP contribution in [0.5, 0.6) is 11.5 Å². The van der Waals surface area contributed by atoms with Crippen molar-refractivity contribution in [1.82, 2.24) is 5.32 Å². The Balaban J connectivity index is 1.72. The molecule has 2 aromatic rings. The van der Waals surface area contributed by atoms with Gasteiger partial charge in [-0.25, -0.2) is 0 Å². The Morgan fingerprint density at radius 2 is 1.67 bits per heavy atom. The minimum Gasteiger partial charge on any atom is -0.491 e. The van der Waals surface area contributed by atoms with E-state index >= 15 is 0 Å². The number of benzene rings is 2. The monoisotopic (exact) mass is 368 g/mol. The standard InChI is InChI=1S/C22H28N2O3/c1-16(2)15-26-20-11-7-19(8-12-20)24-22(25)14-23-13-18-5-9-21(10-6-18)27-17(3)4/h5-12,17,23H,1,13-15H2,2-4H3,(H,24,25). The zero-order valence-electron chi connectivity index (χ0n) is 16.2. The van der Waals surface area contributed by atoms with Crippen molar-refractivity contribution in [3.63, 3.8) is 0 Å². The Labute approximate surface area is 161 Å². The maximum Gasteiger partial charge on any atom is 0.238 e. The van der Waals surface area contributed by atoms with Gasteiger partial charge < -0.3 is 20.1 Å². The fraction of sp³-hybridized carbons (Fsp3) is 0.318. The summed E-state index contributed by atoms with van der Waals surface area (Å²) in [4.78, 5) is 12.0. The molecule has 0 aliphatic carbocycles. The molecule has 0 aliphatic heterocycles. The second-order valence-electron chi connectivity index (χ2n) is 6.73. The number of amides is 1. The van der Waals surface area contributed by atoms with Crippen LogP contribution in [-0.2, 0) is 11.3 Å². The fourth-order valence-corrected chi connectivity index (χ4v) is 2.32. The third-order valence-electron chi connectivity index (χ3n) is 3.53. The molecule has 2 aromatic carbocycles. The predicted octanol–water partition coefficient (Wildman–Crippen LogP) is 4.16. The van der Waals surface area contributed by atoms with E-state index in [-0.39, 0.29) is 18.6 Å². The average molecular weight is 368 g/mol. The molecule has 144 valence electrons. The molecule has 1 amide bonds. The van der Waals surface area contributed by atoms with Crippen LogP contribution in [0.3, 0.4) is 0 Å². The van der Waals surface area contributed by atoms with Gasteiger partial charge in [-0.3, -0.25) is 4.79 Å². The maximum atomic E-state index is 12.0. The molecule has 0 saturated carbocycles. The van der Waals surface area contributed by atoms with Gasteiger partial charge >= 0.3 is 0 Å². The normalized spacial score (nSPS) is 10.5. The van der Waals surface area contributed by atoms with E-state index in [1.165, 1.54) is 0 Å². The van der Waals surface area contributed by atoms with Crippen molar-refractivity contribution in [3.8, 4) is 11.5 Å². The average Bonchev–Trinajstić information content (AvgIpc) is 2.62. The highest BCUT2D eigenvalue weighted by Crippen LogP contribution is 2.16. The molecular formula is C22H28N2O3. The summed E-state index contributed by atoms with van der Waals surface area (Å²) in [5, 5.41) is 6.00. The van der Waals surface area contributed by atoms with Crippen molar-refractivity contribution in [2.75, 3.05) is 18.5 Å². The summed E-state index contributed by atoms with van der Waals surface area (Å²) in [5.41, 5.74) is 2.79. The molecule has 0 unspecified atom stereocenters. The van der Waals surface area contributed by atoms with Crippen LogP contribution >= 0.6 is 0 Å². The number of hydrogen-bond donors (Lipinski definition) is 2. The van der Waals surface area contributed by atoms with E-state index in [2.05, 4.69) is 17.2 Å². The molecule has 0 spiro atoms.